The predicted octanol–water partition coefficient (Wildman–Crippen LogP) is 3.89. The molecular weight excluding hydrogens is 474 g/mol. The maximum absolute atomic E-state index is 13.7. The topological polar surface area (TPSA) is 98.4 Å². The molecule has 5 heterocycles. The number of fused-ring (bicyclic) bond motifs is 3. The minimum atomic E-state index is -0.378. The zero-order valence-electron chi connectivity index (χ0n) is 21.0. The lowest BCUT2D eigenvalue weighted by Gasteiger charge is -2.35. The van der Waals surface area contributed by atoms with Crippen molar-refractivity contribution in [1.29, 1.82) is 0 Å². The van der Waals surface area contributed by atoms with Gasteiger partial charge in [-0.05, 0) is 52.2 Å². The first-order chi connectivity index (χ1) is 17.4. The summed E-state index contributed by atoms with van der Waals surface area (Å²) in [7, 11) is 0. The Morgan fingerprint density at radius 1 is 1.17 bits per heavy atom. The summed E-state index contributed by atoms with van der Waals surface area (Å²) < 4.78 is 7.91. The van der Waals surface area contributed by atoms with Gasteiger partial charge in [-0.15, -0.1) is 0 Å². The molecule has 9 nitrogen and oxygen atoms in total. The Morgan fingerprint density at radius 3 is 2.75 bits per heavy atom. The number of rotatable bonds is 6. The smallest absolute Gasteiger partial charge is 0.261 e. The number of pyridine rings is 1. The average Bonchev–Trinajstić information content (AvgIpc) is 3.57. The van der Waals surface area contributed by atoms with Gasteiger partial charge in [-0.3, -0.25) is 9.78 Å². The Hall–Kier alpha value is -3.40. The fraction of sp³-hybridized carbons (Fsp3) is 0.462. The molecule has 1 atom stereocenters. The molecule has 36 heavy (non-hydrogen) atoms. The summed E-state index contributed by atoms with van der Waals surface area (Å²) in [5.74, 6) is 1.92. The summed E-state index contributed by atoms with van der Waals surface area (Å²) in [6.45, 7) is 8.44. The standard InChI is InChI=1S/C26H29N7O2S/c1-5-19-21(9-6-14(2)28-19)35-13-22(34)32-11-10-20-24(33-26(30-20)36-16(4)31-33)23(32)18-12-27-25(17-7-8-17)29-15(18)3/h6,9,12,17,23H,5,7-8,10-11,13H2,1-4H3. The first-order valence-corrected chi connectivity index (χ1v) is 13.3. The van der Waals surface area contributed by atoms with E-state index in [-0.39, 0.29) is 18.6 Å². The predicted molar refractivity (Wildman–Crippen MR) is 135 cm³/mol. The lowest BCUT2D eigenvalue weighted by Crippen LogP contribution is -2.43. The third kappa shape index (κ3) is 4.03. The van der Waals surface area contributed by atoms with Crippen molar-refractivity contribution in [1.82, 2.24) is 34.4 Å². The number of hydrogen-bond donors (Lipinski definition) is 0. The zero-order valence-corrected chi connectivity index (χ0v) is 21.8. The Kier molecular flexibility index (Phi) is 5.70. The first kappa shape index (κ1) is 23.0. The van der Waals surface area contributed by atoms with Crippen molar-refractivity contribution in [3.8, 4) is 5.75 Å². The highest BCUT2D eigenvalue weighted by Gasteiger charge is 2.38. The van der Waals surface area contributed by atoms with E-state index in [9.17, 15) is 4.79 Å². The molecule has 0 aromatic carbocycles. The van der Waals surface area contributed by atoms with Crippen molar-refractivity contribution in [3.05, 3.63) is 63.2 Å². The van der Waals surface area contributed by atoms with Gasteiger partial charge < -0.3 is 9.64 Å². The van der Waals surface area contributed by atoms with Crippen molar-refractivity contribution in [2.45, 2.75) is 65.3 Å². The summed E-state index contributed by atoms with van der Waals surface area (Å²) in [6.07, 6.45) is 5.59. The van der Waals surface area contributed by atoms with E-state index >= 15 is 0 Å². The lowest BCUT2D eigenvalue weighted by atomic mass is 9.95. The van der Waals surface area contributed by atoms with Crippen LogP contribution in [0.2, 0.25) is 0 Å². The van der Waals surface area contributed by atoms with Gasteiger partial charge in [-0.25, -0.2) is 19.5 Å². The lowest BCUT2D eigenvalue weighted by molar-refractivity contribution is -0.135. The van der Waals surface area contributed by atoms with E-state index in [1.807, 2.05) is 55.4 Å². The molecule has 0 N–H and O–H groups in total. The number of ether oxygens (including phenoxy) is 1. The van der Waals surface area contributed by atoms with Gasteiger partial charge >= 0.3 is 0 Å². The molecule has 4 aromatic rings. The molecule has 1 fully saturated rings. The van der Waals surface area contributed by atoms with E-state index in [1.54, 1.807) is 11.3 Å². The average molecular weight is 504 g/mol. The fourth-order valence-corrected chi connectivity index (χ4v) is 5.72. The highest BCUT2D eigenvalue weighted by molar-refractivity contribution is 7.16. The maximum Gasteiger partial charge on any atom is 0.261 e. The van der Waals surface area contributed by atoms with E-state index in [0.29, 0.717) is 24.6 Å². The van der Waals surface area contributed by atoms with Crippen LogP contribution >= 0.6 is 11.3 Å². The Bertz CT molecular complexity index is 1470. The number of hydrogen-bond acceptors (Lipinski definition) is 8. The summed E-state index contributed by atoms with van der Waals surface area (Å²) in [5.41, 5.74) is 5.49. The monoisotopic (exact) mass is 503 g/mol. The number of aryl methyl sites for hydroxylation is 4. The van der Waals surface area contributed by atoms with Crippen molar-refractivity contribution in [2.24, 2.45) is 0 Å². The molecule has 1 unspecified atom stereocenters. The normalized spacial score (nSPS) is 17.4. The molecule has 6 rings (SSSR count). The van der Waals surface area contributed by atoms with Crippen LogP contribution in [-0.2, 0) is 17.6 Å². The fourth-order valence-electron chi connectivity index (χ4n) is 4.95. The van der Waals surface area contributed by atoms with E-state index in [4.69, 9.17) is 24.8 Å². The Morgan fingerprint density at radius 2 is 2.00 bits per heavy atom. The van der Waals surface area contributed by atoms with E-state index < -0.39 is 0 Å². The molecule has 0 bridgehead atoms. The number of carbonyl (C=O) groups excluding carboxylic acids is 1. The van der Waals surface area contributed by atoms with Crippen LogP contribution in [0.1, 0.15) is 76.6 Å². The van der Waals surface area contributed by atoms with Crippen LogP contribution in [0.15, 0.2) is 18.3 Å². The molecule has 10 heteroatoms. The second-order valence-corrected chi connectivity index (χ2v) is 10.7. The summed E-state index contributed by atoms with van der Waals surface area (Å²) in [5, 5.41) is 5.65. The quantitative estimate of drug-likeness (QED) is 0.394. The van der Waals surface area contributed by atoms with Crippen LogP contribution in [0.4, 0.5) is 0 Å². The van der Waals surface area contributed by atoms with Crippen LogP contribution in [0.5, 0.6) is 5.75 Å². The van der Waals surface area contributed by atoms with Crippen molar-refractivity contribution in [3.63, 3.8) is 0 Å². The van der Waals surface area contributed by atoms with Crippen LogP contribution < -0.4 is 4.74 Å². The number of nitrogens with zero attached hydrogens (tertiary/aromatic N) is 7. The molecule has 186 valence electrons. The largest absolute Gasteiger partial charge is 0.482 e. The molecule has 1 saturated carbocycles. The molecule has 0 radical (unpaired) electrons. The van der Waals surface area contributed by atoms with Gasteiger partial charge in [-0.2, -0.15) is 5.10 Å². The third-order valence-corrected chi connectivity index (χ3v) is 7.75. The van der Waals surface area contributed by atoms with Gasteiger partial charge in [0.05, 0.1) is 17.1 Å². The van der Waals surface area contributed by atoms with Crippen molar-refractivity contribution < 1.29 is 9.53 Å². The molecule has 1 aliphatic carbocycles. The van der Waals surface area contributed by atoms with Crippen LogP contribution in [0.25, 0.3) is 4.96 Å². The minimum absolute atomic E-state index is 0.0678. The molecule has 0 saturated heterocycles. The van der Waals surface area contributed by atoms with E-state index in [1.165, 1.54) is 0 Å². The highest BCUT2D eigenvalue weighted by Crippen LogP contribution is 2.40. The molecule has 2 aliphatic rings. The third-order valence-electron chi connectivity index (χ3n) is 6.93. The molecule has 4 aromatic heterocycles. The number of aromatic nitrogens is 6. The maximum atomic E-state index is 13.7. The van der Waals surface area contributed by atoms with Gasteiger partial charge in [0.1, 0.15) is 22.6 Å². The van der Waals surface area contributed by atoms with Crippen LogP contribution in [-0.4, -0.2) is 53.5 Å². The highest BCUT2D eigenvalue weighted by atomic mass is 32.1. The van der Waals surface area contributed by atoms with Gasteiger partial charge in [-0.1, -0.05) is 18.3 Å². The second kappa shape index (κ2) is 8.92. The van der Waals surface area contributed by atoms with Crippen LogP contribution in [0.3, 0.4) is 0 Å². The van der Waals surface area contributed by atoms with Gasteiger partial charge in [0.25, 0.3) is 5.91 Å². The van der Waals surface area contributed by atoms with Gasteiger partial charge in [0.2, 0.25) is 4.96 Å². The molecule has 0 spiro atoms. The first-order valence-electron chi connectivity index (χ1n) is 12.5. The molecule has 1 amide bonds. The van der Waals surface area contributed by atoms with Gasteiger partial charge in [0, 0.05) is 42.0 Å². The Balaban J connectivity index is 1.37. The van der Waals surface area contributed by atoms with Crippen LogP contribution in [0, 0.1) is 20.8 Å². The molecular formula is C26H29N7O2S. The second-order valence-electron chi connectivity index (χ2n) is 9.58. The number of carbonyl (C=O) groups is 1. The summed E-state index contributed by atoms with van der Waals surface area (Å²) in [4.78, 5) is 35.4. The zero-order chi connectivity index (χ0) is 25.0. The minimum Gasteiger partial charge on any atom is -0.482 e. The van der Waals surface area contributed by atoms with E-state index in [2.05, 4.69) is 4.98 Å². The summed E-state index contributed by atoms with van der Waals surface area (Å²) in [6, 6.07) is 3.43. The van der Waals surface area contributed by atoms with Crippen molar-refractivity contribution >= 4 is 22.2 Å². The van der Waals surface area contributed by atoms with Crippen molar-refractivity contribution in [2.75, 3.05) is 13.2 Å². The van der Waals surface area contributed by atoms with E-state index in [0.717, 1.165) is 69.1 Å². The Labute approximate surface area is 213 Å². The molecule has 1 aliphatic heterocycles. The number of amides is 1. The SMILES string of the molecule is CCc1nc(C)ccc1OCC(=O)N1CCc2nc3sc(C)nn3c2C1c1cnc(C2CC2)nc1C. The van der Waals surface area contributed by atoms with Gasteiger partial charge in [0.15, 0.2) is 6.61 Å². The number of imidazole rings is 1. The summed E-state index contributed by atoms with van der Waals surface area (Å²) >= 11 is 1.56.